The van der Waals surface area contributed by atoms with E-state index in [0.29, 0.717) is 0 Å². The molecule has 1 heterocycles. The predicted octanol–water partition coefficient (Wildman–Crippen LogP) is 2.05. The molecule has 0 bridgehead atoms. The van der Waals surface area contributed by atoms with E-state index in [9.17, 15) is 4.79 Å². The first-order valence-electron chi connectivity index (χ1n) is 4.30. The molecule has 68 valence electrons. The van der Waals surface area contributed by atoms with E-state index in [1.165, 1.54) is 0 Å². The lowest BCUT2D eigenvalue weighted by Crippen LogP contribution is -2.17. The molecule has 1 atom stereocenters. The zero-order chi connectivity index (χ0) is 9.26. The van der Waals surface area contributed by atoms with Crippen LogP contribution in [0.1, 0.15) is 17.9 Å². The van der Waals surface area contributed by atoms with Crippen LogP contribution in [-0.2, 0) is 4.79 Å². The van der Waals surface area contributed by atoms with E-state index in [1.807, 2.05) is 24.3 Å². The molecule has 1 aromatic carbocycles. The minimum Gasteiger partial charge on any atom is -0.356 e. The predicted molar refractivity (Wildman–Crippen MR) is 54.5 cm³/mol. The SMILES string of the molecule is O=C1NCC[C@H]1c1cccc(Br)c1. The molecular formula is C10H10BrNO. The minimum absolute atomic E-state index is 0.0532. The second-order valence-electron chi connectivity index (χ2n) is 3.19. The summed E-state index contributed by atoms with van der Waals surface area (Å²) in [6.45, 7) is 0.802. The van der Waals surface area contributed by atoms with Crippen molar-refractivity contribution in [3.63, 3.8) is 0 Å². The van der Waals surface area contributed by atoms with Crippen LogP contribution in [0.25, 0.3) is 0 Å². The topological polar surface area (TPSA) is 29.1 Å². The number of carbonyl (C=O) groups is 1. The van der Waals surface area contributed by atoms with Crippen molar-refractivity contribution in [1.29, 1.82) is 0 Å². The quantitative estimate of drug-likeness (QED) is 0.799. The molecule has 0 radical (unpaired) electrons. The molecule has 0 aliphatic carbocycles. The first-order chi connectivity index (χ1) is 6.27. The van der Waals surface area contributed by atoms with Crippen LogP contribution in [0.3, 0.4) is 0 Å². The molecule has 13 heavy (non-hydrogen) atoms. The van der Waals surface area contributed by atoms with Gasteiger partial charge in [-0.25, -0.2) is 0 Å². The Bertz CT molecular complexity index is 337. The molecule has 0 aromatic heterocycles. The maximum atomic E-state index is 11.4. The molecule has 2 rings (SSSR count). The number of nitrogens with one attached hydrogen (secondary N) is 1. The highest BCUT2D eigenvalue weighted by molar-refractivity contribution is 9.10. The van der Waals surface area contributed by atoms with Gasteiger partial charge in [0.2, 0.25) is 5.91 Å². The Hall–Kier alpha value is -0.830. The average molecular weight is 240 g/mol. The average Bonchev–Trinajstić information content (AvgIpc) is 2.51. The van der Waals surface area contributed by atoms with E-state index in [2.05, 4.69) is 21.2 Å². The van der Waals surface area contributed by atoms with Gasteiger partial charge in [0.1, 0.15) is 0 Å². The number of carbonyl (C=O) groups excluding carboxylic acids is 1. The summed E-state index contributed by atoms with van der Waals surface area (Å²) in [6, 6.07) is 7.94. The van der Waals surface area contributed by atoms with Crippen LogP contribution in [-0.4, -0.2) is 12.5 Å². The Labute approximate surface area is 85.5 Å². The van der Waals surface area contributed by atoms with Crippen LogP contribution in [0.15, 0.2) is 28.7 Å². The highest BCUT2D eigenvalue weighted by atomic mass is 79.9. The van der Waals surface area contributed by atoms with Gasteiger partial charge in [0, 0.05) is 11.0 Å². The molecule has 0 spiro atoms. The second kappa shape index (κ2) is 3.50. The lowest BCUT2D eigenvalue weighted by atomic mass is 9.98. The highest BCUT2D eigenvalue weighted by Gasteiger charge is 2.25. The third-order valence-corrected chi connectivity index (χ3v) is 2.79. The molecule has 2 nitrogen and oxygen atoms in total. The largest absolute Gasteiger partial charge is 0.356 e. The number of amides is 1. The van der Waals surface area contributed by atoms with Gasteiger partial charge < -0.3 is 5.32 Å². The summed E-state index contributed by atoms with van der Waals surface area (Å²) < 4.78 is 1.03. The van der Waals surface area contributed by atoms with Crippen LogP contribution < -0.4 is 5.32 Å². The lowest BCUT2D eigenvalue weighted by Gasteiger charge is -2.06. The molecule has 1 saturated heterocycles. The zero-order valence-electron chi connectivity index (χ0n) is 7.09. The molecule has 1 aromatic rings. The summed E-state index contributed by atoms with van der Waals surface area (Å²) in [6.07, 6.45) is 0.912. The molecule has 1 fully saturated rings. The van der Waals surface area contributed by atoms with Gasteiger partial charge in [0.05, 0.1) is 5.92 Å². The minimum atomic E-state index is 0.0532. The van der Waals surface area contributed by atoms with E-state index < -0.39 is 0 Å². The van der Waals surface area contributed by atoms with Gasteiger partial charge >= 0.3 is 0 Å². The first kappa shape index (κ1) is 8.75. The third-order valence-electron chi connectivity index (χ3n) is 2.30. The number of rotatable bonds is 1. The maximum Gasteiger partial charge on any atom is 0.227 e. The van der Waals surface area contributed by atoms with E-state index in [0.717, 1.165) is 23.0 Å². The second-order valence-corrected chi connectivity index (χ2v) is 4.10. The highest BCUT2D eigenvalue weighted by Crippen LogP contribution is 2.25. The number of halogens is 1. The van der Waals surface area contributed by atoms with Gasteiger partial charge in [-0.1, -0.05) is 28.1 Å². The zero-order valence-corrected chi connectivity index (χ0v) is 8.67. The van der Waals surface area contributed by atoms with Gasteiger partial charge in [-0.2, -0.15) is 0 Å². The molecule has 1 aliphatic heterocycles. The van der Waals surface area contributed by atoms with Crippen molar-refractivity contribution < 1.29 is 4.79 Å². The summed E-state index contributed by atoms with van der Waals surface area (Å²) in [5, 5.41) is 2.83. The van der Waals surface area contributed by atoms with Gasteiger partial charge in [-0.3, -0.25) is 4.79 Å². The van der Waals surface area contributed by atoms with Gasteiger partial charge in [0.15, 0.2) is 0 Å². The monoisotopic (exact) mass is 239 g/mol. The first-order valence-corrected chi connectivity index (χ1v) is 5.10. The van der Waals surface area contributed by atoms with E-state index in [-0.39, 0.29) is 11.8 Å². The van der Waals surface area contributed by atoms with Crippen molar-refractivity contribution in [2.24, 2.45) is 0 Å². The molecular weight excluding hydrogens is 230 g/mol. The van der Waals surface area contributed by atoms with Gasteiger partial charge in [0.25, 0.3) is 0 Å². The van der Waals surface area contributed by atoms with Crippen molar-refractivity contribution >= 4 is 21.8 Å². The standard InChI is InChI=1S/C10H10BrNO/c11-8-3-1-2-7(6-8)9-4-5-12-10(9)13/h1-3,6,9H,4-5H2,(H,12,13)/t9-/m0/s1. The van der Waals surface area contributed by atoms with Crippen molar-refractivity contribution in [3.8, 4) is 0 Å². The molecule has 1 aliphatic rings. The van der Waals surface area contributed by atoms with Crippen molar-refractivity contribution in [3.05, 3.63) is 34.3 Å². The number of hydrogen-bond acceptors (Lipinski definition) is 1. The fourth-order valence-corrected chi connectivity index (χ4v) is 2.05. The molecule has 0 unspecified atom stereocenters. The maximum absolute atomic E-state index is 11.4. The van der Waals surface area contributed by atoms with Crippen LogP contribution in [0.4, 0.5) is 0 Å². The van der Waals surface area contributed by atoms with Gasteiger partial charge in [-0.15, -0.1) is 0 Å². The van der Waals surface area contributed by atoms with E-state index in [1.54, 1.807) is 0 Å². The third kappa shape index (κ3) is 1.75. The lowest BCUT2D eigenvalue weighted by molar-refractivity contribution is -0.120. The summed E-state index contributed by atoms with van der Waals surface area (Å²) in [5.74, 6) is 0.204. The van der Waals surface area contributed by atoms with Crippen molar-refractivity contribution in [1.82, 2.24) is 5.32 Å². The molecule has 0 saturated carbocycles. The Morgan fingerprint density at radius 1 is 1.46 bits per heavy atom. The summed E-state index contributed by atoms with van der Waals surface area (Å²) >= 11 is 3.40. The summed E-state index contributed by atoms with van der Waals surface area (Å²) in [7, 11) is 0. The number of hydrogen-bond donors (Lipinski definition) is 1. The van der Waals surface area contributed by atoms with Gasteiger partial charge in [-0.05, 0) is 24.1 Å². The van der Waals surface area contributed by atoms with Crippen LogP contribution in [0.5, 0.6) is 0 Å². The smallest absolute Gasteiger partial charge is 0.227 e. The van der Waals surface area contributed by atoms with Crippen molar-refractivity contribution in [2.45, 2.75) is 12.3 Å². The normalized spacial score (nSPS) is 21.6. The van der Waals surface area contributed by atoms with Crippen LogP contribution in [0.2, 0.25) is 0 Å². The van der Waals surface area contributed by atoms with Crippen LogP contribution in [0, 0.1) is 0 Å². The van der Waals surface area contributed by atoms with Crippen molar-refractivity contribution in [2.75, 3.05) is 6.54 Å². The fraction of sp³-hybridized carbons (Fsp3) is 0.300. The Morgan fingerprint density at radius 3 is 2.92 bits per heavy atom. The summed E-state index contributed by atoms with van der Waals surface area (Å²) in [4.78, 5) is 11.4. The summed E-state index contributed by atoms with van der Waals surface area (Å²) in [5.41, 5.74) is 1.10. The van der Waals surface area contributed by atoms with Crippen LogP contribution >= 0.6 is 15.9 Å². The fourth-order valence-electron chi connectivity index (χ4n) is 1.64. The van der Waals surface area contributed by atoms with E-state index >= 15 is 0 Å². The molecule has 1 N–H and O–H groups in total. The Kier molecular flexibility index (Phi) is 2.36. The molecule has 3 heteroatoms. The van der Waals surface area contributed by atoms with E-state index in [4.69, 9.17) is 0 Å². The Balaban J connectivity index is 2.29. The molecule has 1 amide bonds. The number of benzene rings is 1. The Morgan fingerprint density at radius 2 is 2.31 bits per heavy atom.